The predicted octanol–water partition coefficient (Wildman–Crippen LogP) is -1.34. The number of amides is 2. The maximum atomic E-state index is 12.6. The number of benzene rings is 1. The predicted molar refractivity (Wildman–Crippen MR) is 100 cm³/mol. The molecule has 1 aromatic rings. The number of rotatable bonds is 12. The van der Waals surface area contributed by atoms with Gasteiger partial charge in [-0.1, -0.05) is 12.1 Å². The van der Waals surface area contributed by atoms with Gasteiger partial charge in [0.1, 0.15) is 17.8 Å². The number of hydrogen-bond acceptors (Lipinski definition) is 7. The van der Waals surface area contributed by atoms with E-state index in [0.717, 1.165) is 0 Å². The molecule has 1 rings (SSSR count). The van der Waals surface area contributed by atoms with E-state index in [2.05, 4.69) is 10.6 Å². The lowest BCUT2D eigenvalue weighted by Gasteiger charge is -2.22. The summed E-state index contributed by atoms with van der Waals surface area (Å²) >= 11 is 0. The van der Waals surface area contributed by atoms with Crippen molar-refractivity contribution >= 4 is 29.7 Å². The van der Waals surface area contributed by atoms with Crippen LogP contribution < -0.4 is 16.4 Å². The lowest BCUT2D eigenvalue weighted by Crippen LogP contribution is -2.55. The van der Waals surface area contributed by atoms with Crippen molar-refractivity contribution in [2.24, 2.45) is 5.73 Å². The van der Waals surface area contributed by atoms with E-state index in [1.807, 2.05) is 0 Å². The fourth-order valence-electron chi connectivity index (χ4n) is 2.41. The van der Waals surface area contributed by atoms with Crippen molar-refractivity contribution in [1.29, 1.82) is 0 Å². The van der Waals surface area contributed by atoms with Crippen LogP contribution in [-0.4, -0.2) is 68.3 Å². The zero-order valence-corrected chi connectivity index (χ0v) is 15.8. The third-order valence-electron chi connectivity index (χ3n) is 4.01. The van der Waals surface area contributed by atoms with E-state index in [0.29, 0.717) is 5.56 Å². The number of aliphatic carboxylic acids is 3. The van der Waals surface area contributed by atoms with Crippen LogP contribution in [0, 0.1) is 0 Å². The maximum Gasteiger partial charge on any atom is 0.326 e. The van der Waals surface area contributed by atoms with Gasteiger partial charge in [-0.05, 0) is 24.1 Å². The molecule has 2 amide bonds. The Balaban J connectivity index is 2.97. The average Bonchev–Trinajstić information content (AvgIpc) is 2.65. The second-order valence-electron chi connectivity index (χ2n) is 6.47. The number of carbonyl (C=O) groups excluding carboxylic acids is 2. The highest BCUT2D eigenvalue weighted by Crippen LogP contribution is 2.12. The summed E-state index contributed by atoms with van der Waals surface area (Å²) in [6.45, 7) is 0. The number of carboxylic acid groups (broad SMARTS) is 3. The Labute approximate surface area is 170 Å². The third kappa shape index (κ3) is 8.56. The molecule has 0 aromatic heterocycles. The van der Waals surface area contributed by atoms with Crippen LogP contribution in [-0.2, 0) is 30.4 Å². The van der Waals surface area contributed by atoms with Crippen LogP contribution in [0.15, 0.2) is 24.3 Å². The molecule has 12 heteroatoms. The van der Waals surface area contributed by atoms with Crippen molar-refractivity contribution in [3.8, 4) is 5.75 Å². The lowest BCUT2D eigenvalue weighted by atomic mass is 10.0. The first-order valence-corrected chi connectivity index (χ1v) is 8.80. The first kappa shape index (κ1) is 24.4. The topological polar surface area (TPSA) is 216 Å². The number of carbonyl (C=O) groups is 5. The van der Waals surface area contributed by atoms with E-state index in [1.54, 1.807) is 0 Å². The van der Waals surface area contributed by atoms with Gasteiger partial charge >= 0.3 is 17.9 Å². The van der Waals surface area contributed by atoms with Crippen LogP contribution in [0.5, 0.6) is 5.75 Å². The van der Waals surface area contributed by atoms with Gasteiger partial charge in [0.05, 0.1) is 12.5 Å². The fraction of sp³-hybridized carbons (Fsp3) is 0.389. The Bertz CT molecular complexity index is 795. The van der Waals surface area contributed by atoms with Gasteiger partial charge in [0.25, 0.3) is 0 Å². The quantitative estimate of drug-likeness (QED) is 0.209. The largest absolute Gasteiger partial charge is 0.508 e. The highest BCUT2D eigenvalue weighted by Gasteiger charge is 2.29. The average molecular weight is 425 g/mol. The van der Waals surface area contributed by atoms with Gasteiger partial charge in [-0.15, -0.1) is 0 Å². The van der Waals surface area contributed by atoms with Crippen molar-refractivity contribution in [3.05, 3.63) is 29.8 Å². The van der Waals surface area contributed by atoms with Crippen molar-refractivity contribution in [1.82, 2.24) is 10.6 Å². The molecule has 0 saturated carbocycles. The van der Waals surface area contributed by atoms with Crippen LogP contribution in [0.3, 0.4) is 0 Å². The Hall–Kier alpha value is -3.67. The first-order chi connectivity index (χ1) is 14.0. The second-order valence-corrected chi connectivity index (χ2v) is 6.47. The van der Waals surface area contributed by atoms with Crippen LogP contribution in [0.25, 0.3) is 0 Å². The highest BCUT2D eigenvalue weighted by molar-refractivity contribution is 5.93. The molecule has 0 radical (unpaired) electrons. The number of phenolic OH excluding ortho intramolecular Hbond substituents is 1. The molecular weight excluding hydrogens is 402 g/mol. The smallest absolute Gasteiger partial charge is 0.326 e. The molecule has 0 aliphatic carbocycles. The molecule has 0 aliphatic heterocycles. The maximum absolute atomic E-state index is 12.6. The van der Waals surface area contributed by atoms with E-state index >= 15 is 0 Å². The van der Waals surface area contributed by atoms with Crippen molar-refractivity contribution in [3.63, 3.8) is 0 Å². The van der Waals surface area contributed by atoms with Crippen LogP contribution in [0.1, 0.15) is 24.8 Å². The zero-order chi connectivity index (χ0) is 22.8. The summed E-state index contributed by atoms with van der Waals surface area (Å²) in [5.74, 6) is -6.01. The standard InChI is InChI=1S/C18H23N3O9/c19-11(5-6-14(23)24)16(27)20-12(7-9-1-3-10(22)4-2-9)17(28)21-13(18(29)30)8-15(25)26/h1-4,11-13,22H,5-8,19H2,(H,20,27)(H,21,28)(H,23,24)(H,25,26)(H,29,30). The van der Waals surface area contributed by atoms with Crippen LogP contribution >= 0.6 is 0 Å². The van der Waals surface area contributed by atoms with Gasteiger partial charge in [0.2, 0.25) is 11.8 Å². The van der Waals surface area contributed by atoms with E-state index in [1.165, 1.54) is 24.3 Å². The van der Waals surface area contributed by atoms with Gasteiger partial charge < -0.3 is 36.8 Å². The summed E-state index contributed by atoms with van der Waals surface area (Å²) in [4.78, 5) is 57.5. The number of nitrogens with two attached hydrogens (primary N) is 1. The molecular formula is C18H23N3O9. The Morgan fingerprint density at radius 1 is 0.867 bits per heavy atom. The SMILES string of the molecule is NC(CCC(=O)O)C(=O)NC(Cc1ccc(O)cc1)C(=O)NC(CC(=O)O)C(=O)O. The molecule has 8 N–H and O–H groups in total. The molecule has 0 fully saturated rings. The number of nitrogens with one attached hydrogen (secondary N) is 2. The van der Waals surface area contributed by atoms with Gasteiger partial charge in [-0.25, -0.2) is 4.79 Å². The minimum atomic E-state index is -1.73. The van der Waals surface area contributed by atoms with Gasteiger partial charge in [-0.2, -0.15) is 0 Å². The van der Waals surface area contributed by atoms with Crippen molar-refractivity contribution in [2.75, 3.05) is 0 Å². The third-order valence-corrected chi connectivity index (χ3v) is 4.01. The molecule has 3 atom stereocenters. The first-order valence-electron chi connectivity index (χ1n) is 8.80. The molecule has 1 aromatic carbocycles. The number of phenols is 1. The lowest BCUT2D eigenvalue weighted by molar-refractivity contribution is -0.147. The van der Waals surface area contributed by atoms with Crippen LogP contribution in [0.4, 0.5) is 0 Å². The van der Waals surface area contributed by atoms with Gasteiger partial charge in [-0.3, -0.25) is 19.2 Å². The van der Waals surface area contributed by atoms with Crippen LogP contribution in [0.2, 0.25) is 0 Å². The summed E-state index contributed by atoms with van der Waals surface area (Å²) < 4.78 is 0. The highest BCUT2D eigenvalue weighted by atomic mass is 16.4. The normalized spacial score (nSPS) is 13.5. The Morgan fingerprint density at radius 3 is 1.93 bits per heavy atom. The summed E-state index contributed by atoms with van der Waals surface area (Å²) in [5, 5.41) is 40.3. The Kier molecular flexibility index (Phi) is 9.23. The second kappa shape index (κ2) is 11.4. The minimum Gasteiger partial charge on any atom is -0.508 e. The summed E-state index contributed by atoms with van der Waals surface area (Å²) in [5.41, 5.74) is 6.13. The van der Waals surface area contributed by atoms with E-state index in [9.17, 15) is 29.1 Å². The molecule has 30 heavy (non-hydrogen) atoms. The van der Waals surface area contributed by atoms with Crippen molar-refractivity contribution in [2.45, 2.75) is 43.8 Å². The zero-order valence-electron chi connectivity index (χ0n) is 15.8. The number of hydrogen-bond donors (Lipinski definition) is 7. The molecule has 0 bridgehead atoms. The molecule has 0 saturated heterocycles. The molecule has 0 aliphatic rings. The van der Waals surface area contributed by atoms with E-state index in [-0.39, 0.29) is 25.0 Å². The van der Waals surface area contributed by atoms with E-state index < -0.39 is 54.3 Å². The number of carboxylic acids is 3. The van der Waals surface area contributed by atoms with Gasteiger partial charge in [0.15, 0.2) is 0 Å². The molecule has 0 spiro atoms. The minimum absolute atomic E-state index is 0.0353. The monoisotopic (exact) mass is 425 g/mol. The molecule has 3 unspecified atom stereocenters. The Morgan fingerprint density at radius 2 is 1.43 bits per heavy atom. The number of aromatic hydroxyl groups is 1. The summed E-state index contributed by atoms with van der Waals surface area (Å²) in [6, 6.07) is 1.34. The molecule has 12 nitrogen and oxygen atoms in total. The summed E-state index contributed by atoms with van der Waals surface area (Å²) in [7, 11) is 0. The summed E-state index contributed by atoms with van der Waals surface area (Å²) in [6.07, 6.45) is -1.56. The van der Waals surface area contributed by atoms with Gasteiger partial charge in [0, 0.05) is 12.8 Å². The fourth-order valence-corrected chi connectivity index (χ4v) is 2.41. The van der Waals surface area contributed by atoms with Crippen molar-refractivity contribution < 1.29 is 44.4 Å². The molecule has 0 heterocycles. The van der Waals surface area contributed by atoms with E-state index in [4.69, 9.17) is 21.1 Å². The molecule has 164 valence electrons.